The molecule has 2 heterocycles. The van der Waals surface area contributed by atoms with Crippen molar-refractivity contribution in [1.29, 1.82) is 0 Å². The number of carbonyl (C=O) groups is 1. The molecule has 0 saturated carbocycles. The van der Waals surface area contributed by atoms with Gasteiger partial charge in [0.05, 0.1) is 11.0 Å². The first-order valence-corrected chi connectivity index (χ1v) is 9.05. The first-order valence-electron chi connectivity index (χ1n) is 9.05. The standard InChI is InChI=1S/C22H15N5O2/c28-20(16-11-5-2-6-12-16)24-22-23-17-13-7-8-14-18(17)26-21(29)19(25-27(22)26)15-9-3-1-4-10-15/h1-14H,(H,23,24,28). The van der Waals surface area contributed by atoms with Gasteiger partial charge in [-0.15, -0.1) is 9.73 Å². The minimum Gasteiger partial charge on any atom is -0.289 e. The molecule has 0 radical (unpaired) electrons. The highest BCUT2D eigenvalue weighted by molar-refractivity contribution is 6.03. The number of nitrogens with one attached hydrogen (secondary N) is 1. The fourth-order valence-corrected chi connectivity index (χ4v) is 3.24. The number of carbonyl (C=O) groups excluding carboxylic acids is 1. The second-order valence-corrected chi connectivity index (χ2v) is 6.47. The third kappa shape index (κ3) is 2.85. The van der Waals surface area contributed by atoms with Gasteiger partial charge in [-0.2, -0.15) is 4.52 Å². The number of aromatic nitrogens is 4. The van der Waals surface area contributed by atoms with Crippen molar-refractivity contribution in [2.75, 3.05) is 5.32 Å². The highest BCUT2D eigenvalue weighted by Crippen LogP contribution is 2.18. The number of amides is 1. The van der Waals surface area contributed by atoms with E-state index >= 15 is 0 Å². The van der Waals surface area contributed by atoms with Crippen molar-refractivity contribution >= 4 is 22.9 Å². The molecule has 0 unspecified atom stereocenters. The maximum absolute atomic E-state index is 13.2. The van der Waals surface area contributed by atoms with Gasteiger partial charge in [-0.05, 0) is 24.3 Å². The van der Waals surface area contributed by atoms with Crippen LogP contribution in [0.1, 0.15) is 10.4 Å². The summed E-state index contributed by atoms with van der Waals surface area (Å²) in [5, 5.41) is 7.25. The molecule has 0 atom stereocenters. The van der Waals surface area contributed by atoms with Gasteiger partial charge in [0.2, 0.25) is 5.95 Å². The molecule has 7 nitrogen and oxygen atoms in total. The number of anilines is 1. The summed E-state index contributed by atoms with van der Waals surface area (Å²) < 4.78 is 2.76. The molecule has 5 aromatic rings. The van der Waals surface area contributed by atoms with Crippen LogP contribution in [0.2, 0.25) is 0 Å². The lowest BCUT2D eigenvalue weighted by Crippen LogP contribution is -2.21. The second kappa shape index (κ2) is 6.72. The largest absolute Gasteiger partial charge is 0.300 e. The fraction of sp³-hybridized carbons (Fsp3) is 0. The normalized spacial score (nSPS) is 11.0. The van der Waals surface area contributed by atoms with Crippen molar-refractivity contribution in [2.24, 2.45) is 0 Å². The minimum absolute atomic E-state index is 0.164. The SMILES string of the molecule is O=C(Nc1nc2ccccc2n2c(=O)c(-c3ccccc3)nn12)c1ccccc1. The molecule has 2 aromatic heterocycles. The predicted octanol–water partition coefficient (Wildman–Crippen LogP) is 3.26. The highest BCUT2D eigenvalue weighted by Gasteiger charge is 2.18. The van der Waals surface area contributed by atoms with Gasteiger partial charge in [-0.25, -0.2) is 4.98 Å². The molecule has 0 bridgehead atoms. The van der Waals surface area contributed by atoms with Crippen LogP contribution < -0.4 is 10.9 Å². The van der Waals surface area contributed by atoms with Crippen molar-refractivity contribution in [3.05, 3.63) is 101 Å². The lowest BCUT2D eigenvalue weighted by Gasteiger charge is -2.09. The molecule has 1 N–H and O–H groups in total. The molecule has 0 spiro atoms. The third-order valence-electron chi connectivity index (χ3n) is 4.61. The van der Waals surface area contributed by atoms with E-state index in [-0.39, 0.29) is 23.1 Å². The number of para-hydroxylation sites is 2. The molecular formula is C22H15N5O2. The molecule has 7 heteroatoms. The maximum Gasteiger partial charge on any atom is 0.300 e. The number of nitrogens with zero attached hydrogens (tertiary/aromatic N) is 4. The molecule has 29 heavy (non-hydrogen) atoms. The zero-order chi connectivity index (χ0) is 19.8. The lowest BCUT2D eigenvalue weighted by molar-refractivity contribution is 0.102. The fourth-order valence-electron chi connectivity index (χ4n) is 3.24. The Morgan fingerprint density at radius 3 is 2.24 bits per heavy atom. The molecule has 5 rings (SSSR count). The predicted molar refractivity (Wildman–Crippen MR) is 110 cm³/mol. The van der Waals surface area contributed by atoms with E-state index in [0.717, 1.165) is 0 Å². The molecule has 3 aromatic carbocycles. The molecular weight excluding hydrogens is 366 g/mol. The number of rotatable bonds is 3. The molecule has 0 saturated heterocycles. The van der Waals surface area contributed by atoms with Gasteiger partial charge in [0.15, 0.2) is 5.69 Å². The van der Waals surface area contributed by atoms with Gasteiger partial charge in [0, 0.05) is 11.1 Å². The van der Waals surface area contributed by atoms with E-state index in [1.165, 1.54) is 9.15 Å². The van der Waals surface area contributed by atoms with Crippen LogP contribution in [-0.4, -0.2) is 25.1 Å². The van der Waals surface area contributed by atoms with Gasteiger partial charge < -0.3 is 0 Å². The minimum atomic E-state index is -0.334. The molecule has 0 fully saturated rings. The van der Waals surface area contributed by atoms with Gasteiger partial charge in [0.1, 0.15) is 0 Å². The van der Waals surface area contributed by atoms with Crippen LogP contribution in [0.3, 0.4) is 0 Å². The molecule has 0 aliphatic heterocycles. The molecule has 140 valence electrons. The lowest BCUT2D eigenvalue weighted by atomic mass is 10.2. The van der Waals surface area contributed by atoms with Crippen molar-refractivity contribution in [1.82, 2.24) is 19.2 Å². The van der Waals surface area contributed by atoms with Crippen molar-refractivity contribution in [3.8, 4) is 11.3 Å². The summed E-state index contributed by atoms with van der Waals surface area (Å²) in [7, 11) is 0. The number of benzene rings is 3. The van der Waals surface area contributed by atoms with Gasteiger partial charge in [-0.1, -0.05) is 60.7 Å². The van der Waals surface area contributed by atoms with E-state index in [2.05, 4.69) is 15.4 Å². The topological polar surface area (TPSA) is 80.8 Å². The summed E-state index contributed by atoms with van der Waals surface area (Å²) in [4.78, 5) is 30.4. The Balaban J connectivity index is 1.75. The van der Waals surface area contributed by atoms with Gasteiger partial charge in [-0.3, -0.25) is 14.9 Å². The Hall–Kier alpha value is -4.26. The quantitative estimate of drug-likeness (QED) is 0.520. The second-order valence-electron chi connectivity index (χ2n) is 6.47. The van der Waals surface area contributed by atoms with E-state index in [1.807, 2.05) is 48.5 Å². The van der Waals surface area contributed by atoms with Crippen LogP contribution in [0.15, 0.2) is 89.7 Å². The average molecular weight is 381 g/mol. The van der Waals surface area contributed by atoms with E-state index in [1.54, 1.807) is 36.4 Å². The van der Waals surface area contributed by atoms with Gasteiger partial charge in [0.25, 0.3) is 11.5 Å². The third-order valence-corrected chi connectivity index (χ3v) is 4.61. The molecule has 0 aliphatic carbocycles. The van der Waals surface area contributed by atoms with Crippen LogP contribution in [0.4, 0.5) is 5.95 Å². The Morgan fingerprint density at radius 2 is 1.48 bits per heavy atom. The maximum atomic E-state index is 13.2. The zero-order valence-corrected chi connectivity index (χ0v) is 15.2. The summed E-state index contributed by atoms with van der Waals surface area (Å²) >= 11 is 0. The summed E-state index contributed by atoms with van der Waals surface area (Å²) in [6.45, 7) is 0. The Labute approximate surface area is 164 Å². The summed E-state index contributed by atoms with van der Waals surface area (Å²) in [5.74, 6) is -0.170. The van der Waals surface area contributed by atoms with Crippen LogP contribution >= 0.6 is 0 Å². The molecule has 1 amide bonds. The van der Waals surface area contributed by atoms with E-state index < -0.39 is 0 Å². The van der Waals surface area contributed by atoms with Gasteiger partial charge >= 0.3 is 0 Å². The van der Waals surface area contributed by atoms with E-state index in [0.29, 0.717) is 22.2 Å². The first-order chi connectivity index (χ1) is 14.2. The number of hydrogen-bond donors (Lipinski definition) is 1. The monoisotopic (exact) mass is 381 g/mol. The average Bonchev–Trinajstić information content (AvgIpc) is 3.13. The zero-order valence-electron chi connectivity index (χ0n) is 15.2. The summed E-state index contributed by atoms with van der Waals surface area (Å²) in [5.41, 5.74) is 2.35. The Morgan fingerprint density at radius 1 is 0.828 bits per heavy atom. The molecule has 0 aliphatic rings. The van der Waals surface area contributed by atoms with Crippen molar-refractivity contribution in [3.63, 3.8) is 0 Å². The van der Waals surface area contributed by atoms with Crippen molar-refractivity contribution < 1.29 is 4.79 Å². The smallest absolute Gasteiger partial charge is 0.289 e. The Kier molecular flexibility index (Phi) is 3.91. The van der Waals surface area contributed by atoms with E-state index in [4.69, 9.17) is 0 Å². The first kappa shape index (κ1) is 16.9. The van der Waals surface area contributed by atoms with Crippen LogP contribution in [0.5, 0.6) is 0 Å². The van der Waals surface area contributed by atoms with E-state index in [9.17, 15) is 9.59 Å². The van der Waals surface area contributed by atoms with Crippen LogP contribution in [0.25, 0.3) is 22.3 Å². The highest BCUT2D eigenvalue weighted by atomic mass is 16.2. The summed E-state index contributed by atoms with van der Waals surface area (Å²) in [6.07, 6.45) is 0. The number of fused-ring (bicyclic) bond motifs is 3. The van der Waals surface area contributed by atoms with Crippen LogP contribution in [0, 0.1) is 0 Å². The summed E-state index contributed by atoms with van der Waals surface area (Å²) in [6, 6.07) is 25.3. The number of hydrogen-bond acceptors (Lipinski definition) is 4. The Bertz CT molecular complexity index is 1410. The van der Waals surface area contributed by atoms with Crippen LogP contribution in [-0.2, 0) is 0 Å². The van der Waals surface area contributed by atoms with Crippen molar-refractivity contribution in [2.45, 2.75) is 0 Å².